The first-order valence-corrected chi connectivity index (χ1v) is 6.51. The van der Waals surface area contributed by atoms with E-state index in [2.05, 4.69) is 0 Å². The Hall–Kier alpha value is -1.72. The number of hydrogen-bond acceptors (Lipinski definition) is 4. The average Bonchev–Trinajstić information content (AvgIpc) is 2.91. The molecule has 1 aliphatic heterocycles. The van der Waals surface area contributed by atoms with E-state index in [1.165, 1.54) is 13.2 Å². The molecule has 5 nitrogen and oxygen atoms in total. The quantitative estimate of drug-likeness (QED) is 0.847. The zero-order valence-electron chi connectivity index (χ0n) is 11.0. The molecule has 0 amide bonds. The fourth-order valence-electron chi connectivity index (χ4n) is 1.89. The Balaban J connectivity index is 2.25. The maximum Gasteiger partial charge on any atom is 0.328 e. The molecule has 0 bridgehead atoms. The van der Waals surface area contributed by atoms with Crippen LogP contribution in [-0.2, 0) is 9.53 Å². The first-order valence-electron chi connectivity index (χ1n) is 6.13. The SMILES string of the molecule is COc1cc(C=CC(=O)O)cc(Cl)c1OC1CCOC1. The molecular weight excluding hydrogens is 284 g/mol. The summed E-state index contributed by atoms with van der Waals surface area (Å²) in [6.45, 7) is 1.20. The van der Waals surface area contributed by atoms with E-state index in [1.807, 2.05) is 0 Å². The van der Waals surface area contributed by atoms with Crippen LogP contribution in [-0.4, -0.2) is 37.5 Å². The van der Waals surface area contributed by atoms with E-state index < -0.39 is 5.97 Å². The predicted molar refractivity (Wildman–Crippen MR) is 74.5 cm³/mol. The Morgan fingerprint density at radius 1 is 1.55 bits per heavy atom. The summed E-state index contributed by atoms with van der Waals surface area (Å²) in [5.41, 5.74) is 0.629. The molecule has 1 aromatic rings. The van der Waals surface area contributed by atoms with Gasteiger partial charge in [0.25, 0.3) is 0 Å². The van der Waals surface area contributed by atoms with Crippen LogP contribution in [0.4, 0.5) is 0 Å². The number of carbonyl (C=O) groups is 1. The van der Waals surface area contributed by atoms with E-state index in [0.29, 0.717) is 35.3 Å². The van der Waals surface area contributed by atoms with Gasteiger partial charge in [-0.1, -0.05) is 11.6 Å². The Morgan fingerprint density at radius 3 is 2.95 bits per heavy atom. The molecule has 1 N–H and O–H groups in total. The zero-order valence-corrected chi connectivity index (χ0v) is 11.7. The van der Waals surface area contributed by atoms with Crippen LogP contribution in [0.25, 0.3) is 6.08 Å². The molecule has 1 saturated heterocycles. The third-order valence-electron chi connectivity index (χ3n) is 2.84. The highest BCUT2D eigenvalue weighted by Crippen LogP contribution is 2.38. The maximum absolute atomic E-state index is 10.5. The van der Waals surface area contributed by atoms with Gasteiger partial charge >= 0.3 is 5.97 Å². The van der Waals surface area contributed by atoms with Gasteiger partial charge in [-0.25, -0.2) is 4.79 Å². The van der Waals surface area contributed by atoms with Gasteiger partial charge in [0.1, 0.15) is 6.10 Å². The van der Waals surface area contributed by atoms with E-state index in [0.717, 1.165) is 12.5 Å². The molecule has 1 heterocycles. The number of carboxylic acids is 1. The first kappa shape index (κ1) is 14.7. The highest BCUT2D eigenvalue weighted by molar-refractivity contribution is 6.32. The van der Waals surface area contributed by atoms with Crippen molar-refractivity contribution >= 4 is 23.6 Å². The molecule has 0 saturated carbocycles. The fraction of sp³-hybridized carbons (Fsp3) is 0.357. The molecule has 6 heteroatoms. The van der Waals surface area contributed by atoms with Crippen LogP contribution in [0.1, 0.15) is 12.0 Å². The molecule has 1 atom stereocenters. The molecule has 0 aromatic heterocycles. The van der Waals surface area contributed by atoms with E-state index in [9.17, 15) is 4.79 Å². The van der Waals surface area contributed by atoms with Crippen LogP contribution >= 0.6 is 11.6 Å². The van der Waals surface area contributed by atoms with Gasteiger partial charge in [-0.3, -0.25) is 0 Å². The second kappa shape index (κ2) is 6.63. The largest absolute Gasteiger partial charge is 0.493 e. The summed E-state index contributed by atoms with van der Waals surface area (Å²) in [5.74, 6) is -0.102. The van der Waals surface area contributed by atoms with Gasteiger partial charge < -0.3 is 19.3 Å². The lowest BCUT2D eigenvalue weighted by Gasteiger charge is -2.16. The average molecular weight is 299 g/mol. The van der Waals surface area contributed by atoms with Crippen LogP contribution in [0.15, 0.2) is 18.2 Å². The van der Waals surface area contributed by atoms with Gasteiger partial charge in [0, 0.05) is 12.5 Å². The van der Waals surface area contributed by atoms with Crippen molar-refractivity contribution in [2.24, 2.45) is 0 Å². The van der Waals surface area contributed by atoms with E-state index in [-0.39, 0.29) is 6.10 Å². The van der Waals surface area contributed by atoms with Crippen molar-refractivity contribution in [2.75, 3.05) is 20.3 Å². The second-order valence-electron chi connectivity index (χ2n) is 4.31. The number of benzene rings is 1. The molecule has 1 fully saturated rings. The molecule has 0 radical (unpaired) electrons. The predicted octanol–water partition coefficient (Wildman–Crippen LogP) is 2.61. The van der Waals surface area contributed by atoms with Crippen molar-refractivity contribution in [1.29, 1.82) is 0 Å². The van der Waals surface area contributed by atoms with Gasteiger partial charge in [-0.2, -0.15) is 0 Å². The van der Waals surface area contributed by atoms with Gasteiger partial charge in [0.05, 0.1) is 25.3 Å². The number of rotatable bonds is 5. The van der Waals surface area contributed by atoms with Crippen molar-refractivity contribution in [3.63, 3.8) is 0 Å². The number of aliphatic carboxylic acids is 1. The third-order valence-corrected chi connectivity index (χ3v) is 3.12. The molecule has 1 unspecified atom stereocenters. The lowest BCUT2D eigenvalue weighted by Crippen LogP contribution is -2.16. The van der Waals surface area contributed by atoms with Crippen molar-refractivity contribution in [3.05, 3.63) is 28.8 Å². The highest BCUT2D eigenvalue weighted by atomic mass is 35.5. The minimum Gasteiger partial charge on any atom is -0.493 e. The van der Waals surface area contributed by atoms with E-state index in [4.69, 9.17) is 30.9 Å². The van der Waals surface area contributed by atoms with Crippen molar-refractivity contribution < 1.29 is 24.1 Å². The fourth-order valence-corrected chi connectivity index (χ4v) is 2.15. The summed E-state index contributed by atoms with van der Waals surface area (Å²) in [4.78, 5) is 10.5. The molecule has 0 aliphatic carbocycles. The summed E-state index contributed by atoms with van der Waals surface area (Å²) < 4.78 is 16.3. The lowest BCUT2D eigenvalue weighted by atomic mass is 10.2. The number of halogens is 1. The monoisotopic (exact) mass is 298 g/mol. The highest BCUT2D eigenvalue weighted by Gasteiger charge is 2.21. The summed E-state index contributed by atoms with van der Waals surface area (Å²) in [5, 5.41) is 9.00. The number of methoxy groups -OCH3 is 1. The Bertz CT molecular complexity index is 521. The van der Waals surface area contributed by atoms with Crippen LogP contribution in [0.3, 0.4) is 0 Å². The van der Waals surface area contributed by atoms with E-state index >= 15 is 0 Å². The number of carboxylic acid groups (broad SMARTS) is 1. The number of hydrogen-bond donors (Lipinski definition) is 1. The van der Waals surface area contributed by atoms with Gasteiger partial charge in [-0.15, -0.1) is 0 Å². The molecular formula is C14H15ClO5. The molecule has 1 aromatic carbocycles. The summed E-state index contributed by atoms with van der Waals surface area (Å²) in [6, 6.07) is 3.31. The summed E-state index contributed by atoms with van der Waals surface area (Å²) in [6.07, 6.45) is 3.25. The van der Waals surface area contributed by atoms with Crippen LogP contribution in [0.2, 0.25) is 5.02 Å². The Kier molecular flexibility index (Phi) is 4.87. The minimum atomic E-state index is -1.02. The first-order chi connectivity index (χ1) is 9.60. The van der Waals surface area contributed by atoms with Crippen molar-refractivity contribution in [1.82, 2.24) is 0 Å². The minimum absolute atomic E-state index is 0.0400. The maximum atomic E-state index is 10.5. The molecule has 20 heavy (non-hydrogen) atoms. The number of ether oxygens (including phenoxy) is 3. The van der Waals surface area contributed by atoms with Crippen LogP contribution in [0.5, 0.6) is 11.5 Å². The van der Waals surface area contributed by atoms with Crippen molar-refractivity contribution in [2.45, 2.75) is 12.5 Å². The molecule has 108 valence electrons. The molecule has 2 rings (SSSR count). The summed E-state index contributed by atoms with van der Waals surface area (Å²) >= 11 is 6.18. The lowest BCUT2D eigenvalue weighted by molar-refractivity contribution is -0.131. The van der Waals surface area contributed by atoms with E-state index in [1.54, 1.807) is 12.1 Å². The van der Waals surface area contributed by atoms with Crippen LogP contribution in [0, 0.1) is 0 Å². The van der Waals surface area contributed by atoms with Gasteiger partial charge in [0.15, 0.2) is 11.5 Å². The molecule has 1 aliphatic rings. The Labute approximate surface area is 121 Å². The normalized spacial score (nSPS) is 18.4. The topological polar surface area (TPSA) is 65.0 Å². The van der Waals surface area contributed by atoms with Crippen LogP contribution < -0.4 is 9.47 Å². The smallest absolute Gasteiger partial charge is 0.328 e. The summed E-state index contributed by atoms with van der Waals surface area (Å²) in [7, 11) is 1.51. The van der Waals surface area contributed by atoms with Crippen molar-refractivity contribution in [3.8, 4) is 11.5 Å². The zero-order chi connectivity index (χ0) is 14.5. The van der Waals surface area contributed by atoms with Gasteiger partial charge in [-0.05, 0) is 23.8 Å². The molecule has 0 spiro atoms. The standard InChI is InChI=1S/C14H15ClO5/c1-18-12-7-9(2-3-13(16)17)6-11(15)14(12)20-10-4-5-19-8-10/h2-3,6-7,10H,4-5,8H2,1H3,(H,16,17). The third kappa shape index (κ3) is 3.65. The Morgan fingerprint density at radius 2 is 2.35 bits per heavy atom. The second-order valence-corrected chi connectivity index (χ2v) is 4.72. The van der Waals surface area contributed by atoms with Gasteiger partial charge in [0.2, 0.25) is 0 Å².